The lowest BCUT2D eigenvalue weighted by Gasteiger charge is -2.17. The van der Waals surface area contributed by atoms with Gasteiger partial charge in [0.25, 0.3) is 0 Å². The Morgan fingerprint density at radius 3 is 2.89 bits per heavy atom. The highest BCUT2D eigenvalue weighted by Crippen LogP contribution is 2.39. The minimum absolute atomic E-state index is 0.0158. The average Bonchev–Trinajstić information content (AvgIpc) is 3.51. The molecule has 0 spiro atoms. The molecule has 0 bridgehead atoms. The van der Waals surface area contributed by atoms with E-state index in [1.807, 2.05) is 12.3 Å². The van der Waals surface area contributed by atoms with Crippen molar-refractivity contribution in [2.45, 2.75) is 44.2 Å². The highest BCUT2D eigenvalue weighted by atomic mass is 19.1. The van der Waals surface area contributed by atoms with Crippen molar-refractivity contribution in [2.24, 2.45) is 5.92 Å². The summed E-state index contributed by atoms with van der Waals surface area (Å²) in [5.41, 5.74) is 6.96. The number of pyridine rings is 1. The van der Waals surface area contributed by atoms with Gasteiger partial charge >= 0.3 is 0 Å². The predicted octanol–water partition coefficient (Wildman–Crippen LogP) is 3.01. The van der Waals surface area contributed by atoms with Crippen LogP contribution in [0.3, 0.4) is 0 Å². The molecule has 2 unspecified atom stereocenters. The fraction of sp³-hybridized carbons (Fsp3) is 0.500. The van der Waals surface area contributed by atoms with Crippen molar-refractivity contribution < 1.29 is 14.2 Å². The Morgan fingerprint density at radius 1 is 1.29 bits per heavy atom. The van der Waals surface area contributed by atoms with E-state index in [4.69, 9.17) is 10.5 Å². The van der Waals surface area contributed by atoms with E-state index in [0.29, 0.717) is 11.3 Å². The Hall–Kier alpha value is -3.06. The molecule has 0 amide bonds. The van der Waals surface area contributed by atoms with Gasteiger partial charge in [0.05, 0.1) is 17.9 Å². The average molecular weight is 479 g/mol. The first kappa shape index (κ1) is 23.7. The molecule has 1 aliphatic carbocycles. The van der Waals surface area contributed by atoms with Crippen molar-refractivity contribution >= 4 is 16.9 Å². The zero-order chi connectivity index (χ0) is 24.6. The second-order valence-electron chi connectivity index (χ2n) is 9.72. The van der Waals surface area contributed by atoms with Crippen molar-refractivity contribution in [3.05, 3.63) is 36.2 Å². The maximum absolute atomic E-state index is 14.8. The second kappa shape index (κ2) is 9.53. The number of hydrogen-bond donors (Lipinski definition) is 2. The van der Waals surface area contributed by atoms with Gasteiger partial charge in [-0.1, -0.05) is 5.92 Å². The van der Waals surface area contributed by atoms with E-state index >= 15 is 0 Å². The first-order valence-corrected chi connectivity index (χ1v) is 12.1. The van der Waals surface area contributed by atoms with E-state index in [9.17, 15) is 9.50 Å². The third-order valence-electron chi connectivity index (χ3n) is 7.02. The number of hydrogen-bond acceptors (Lipinski definition) is 7. The Balaban J connectivity index is 1.53. The zero-order valence-electron chi connectivity index (χ0n) is 20.2. The van der Waals surface area contributed by atoms with Gasteiger partial charge in [-0.05, 0) is 50.5 Å². The Bertz CT molecular complexity index is 1290. The summed E-state index contributed by atoms with van der Waals surface area (Å²) in [7, 11) is 1.72. The lowest BCUT2D eigenvalue weighted by molar-refractivity contribution is 0.0980. The molecular weight excluding hydrogens is 447 g/mol. The molecule has 0 aromatic carbocycles. The molecule has 5 rings (SSSR count). The van der Waals surface area contributed by atoms with Gasteiger partial charge in [-0.2, -0.15) is 0 Å². The van der Waals surface area contributed by atoms with Gasteiger partial charge in [0, 0.05) is 56.5 Å². The van der Waals surface area contributed by atoms with Gasteiger partial charge in [0.1, 0.15) is 17.0 Å². The standard InChI is InChI=1S/C26H31FN6O2/c1-26(34,17-4-5-17)8-6-18-12-20-21(24-22(27)13-30-25(28)31-24)16-33(23(20)14-29-18)19-7-10-32(15-19)9-3-11-35-2/h12-14,16-17,19,34H,3-5,7,9-11,15H2,1-2H3,(H2,28,30,31). The largest absolute Gasteiger partial charge is 0.385 e. The van der Waals surface area contributed by atoms with Crippen LogP contribution in [0.25, 0.3) is 22.2 Å². The number of rotatable bonds is 7. The van der Waals surface area contributed by atoms with Crippen LogP contribution >= 0.6 is 0 Å². The highest BCUT2D eigenvalue weighted by Gasteiger charge is 2.38. The van der Waals surface area contributed by atoms with E-state index < -0.39 is 11.4 Å². The minimum atomic E-state index is -1.03. The number of fused-ring (bicyclic) bond motifs is 1. The molecule has 1 aliphatic heterocycles. The molecule has 1 saturated carbocycles. The first-order chi connectivity index (χ1) is 16.9. The van der Waals surface area contributed by atoms with Gasteiger partial charge in [-0.3, -0.25) is 0 Å². The van der Waals surface area contributed by atoms with E-state index in [-0.39, 0.29) is 23.6 Å². The zero-order valence-corrected chi connectivity index (χ0v) is 20.2. The summed E-state index contributed by atoms with van der Waals surface area (Å²) in [4.78, 5) is 15.0. The number of methoxy groups -OCH3 is 1. The number of nitrogens with zero attached hydrogens (tertiary/aromatic N) is 5. The minimum Gasteiger partial charge on any atom is -0.385 e. The van der Waals surface area contributed by atoms with Crippen molar-refractivity contribution in [3.63, 3.8) is 0 Å². The number of ether oxygens (including phenoxy) is 1. The van der Waals surface area contributed by atoms with Crippen LogP contribution in [-0.4, -0.2) is 68.5 Å². The Morgan fingerprint density at radius 2 is 2.11 bits per heavy atom. The smallest absolute Gasteiger partial charge is 0.220 e. The molecule has 3 aromatic rings. The topological polar surface area (TPSA) is 102 Å². The lowest BCUT2D eigenvalue weighted by Crippen LogP contribution is -2.24. The third kappa shape index (κ3) is 5.01. The van der Waals surface area contributed by atoms with Crippen LogP contribution in [0.15, 0.2) is 24.7 Å². The summed E-state index contributed by atoms with van der Waals surface area (Å²) in [6, 6.07) is 2.07. The number of nitrogen functional groups attached to an aromatic ring is 1. The van der Waals surface area contributed by atoms with Gasteiger partial charge < -0.3 is 25.0 Å². The summed E-state index contributed by atoms with van der Waals surface area (Å²) in [6.07, 6.45) is 8.77. The normalized spacial score (nSPS) is 20.1. The van der Waals surface area contributed by atoms with Gasteiger partial charge in [-0.25, -0.2) is 19.3 Å². The fourth-order valence-corrected chi connectivity index (χ4v) is 4.89. The van der Waals surface area contributed by atoms with Gasteiger partial charge in [0.2, 0.25) is 5.95 Å². The number of nitrogens with two attached hydrogens (primary N) is 1. The number of halogens is 1. The summed E-state index contributed by atoms with van der Waals surface area (Å²) < 4.78 is 22.2. The molecule has 2 atom stereocenters. The van der Waals surface area contributed by atoms with Crippen LogP contribution in [0.4, 0.5) is 10.3 Å². The van der Waals surface area contributed by atoms with E-state index in [1.54, 1.807) is 20.2 Å². The maximum atomic E-state index is 14.8. The van der Waals surface area contributed by atoms with Crippen molar-refractivity contribution in [1.29, 1.82) is 0 Å². The maximum Gasteiger partial charge on any atom is 0.220 e. The van der Waals surface area contributed by atoms with Crippen LogP contribution in [-0.2, 0) is 4.74 Å². The molecule has 2 fully saturated rings. The van der Waals surface area contributed by atoms with Crippen LogP contribution < -0.4 is 5.73 Å². The highest BCUT2D eigenvalue weighted by molar-refractivity contribution is 5.95. The van der Waals surface area contributed by atoms with Crippen LogP contribution in [0.5, 0.6) is 0 Å². The molecule has 1 saturated heterocycles. The molecule has 8 nitrogen and oxygen atoms in total. The molecule has 184 valence electrons. The van der Waals surface area contributed by atoms with Crippen LogP contribution in [0, 0.1) is 23.6 Å². The van der Waals surface area contributed by atoms with Gasteiger partial charge in [-0.15, -0.1) is 0 Å². The molecular formula is C26H31FN6O2. The summed E-state index contributed by atoms with van der Waals surface area (Å²) in [5, 5.41) is 11.4. The second-order valence-corrected chi connectivity index (χ2v) is 9.72. The number of aliphatic hydroxyl groups is 1. The van der Waals surface area contributed by atoms with Crippen molar-refractivity contribution in [2.75, 3.05) is 39.1 Å². The van der Waals surface area contributed by atoms with Crippen LogP contribution in [0.2, 0.25) is 0 Å². The first-order valence-electron chi connectivity index (χ1n) is 12.1. The lowest BCUT2D eigenvalue weighted by atomic mass is 10.0. The quantitative estimate of drug-likeness (QED) is 0.398. The number of anilines is 1. The van der Waals surface area contributed by atoms with Crippen LogP contribution in [0.1, 0.15) is 44.3 Å². The van der Waals surface area contributed by atoms with Crippen molar-refractivity contribution in [1.82, 2.24) is 24.4 Å². The number of aromatic nitrogens is 4. The summed E-state index contributed by atoms with van der Waals surface area (Å²) in [6.45, 7) is 5.36. The van der Waals surface area contributed by atoms with E-state index in [1.165, 1.54) is 0 Å². The Labute approximate surface area is 204 Å². The monoisotopic (exact) mass is 478 g/mol. The molecule has 0 radical (unpaired) electrons. The molecule has 3 aromatic heterocycles. The molecule has 9 heteroatoms. The number of likely N-dealkylation sites (tertiary alicyclic amines) is 1. The third-order valence-corrected chi connectivity index (χ3v) is 7.02. The molecule has 2 aliphatic rings. The fourth-order valence-electron chi connectivity index (χ4n) is 4.89. The molecule has 35 heavy (non-hydrogen) atoms. The summed E-state index contributed by atoms with van der Waals surface area (Å²) >= 11 is 0. The van der Waals surface area contributed by atoms with Gasteiger partial charge in [0.15, 0.2) is 5.82 Å². The van der Waals surface area contributed by atoms with Crippen molar-refractivity contribution in [3.8, 4) is 23.1 Å². The SMILES string of the molecule is COCCCN1CCC(n2cc(-c3nc(N)ncc3F)c3cc(C#CC(C)(O)C4CC4)ncc32)C1. The molecule has 4 heterocycles. The predicted molar refractivity (Wildman–Crippen MR) is 132 cm³/mol. The Kier molecular flexibility index (Phi) is 6.45. The molecule has 3 N–H and O–H groups in total. The summed E-state index contributed by atoms with van der Waals surface area (Å²) in [5.74, 6) is 5.69. The van der Waals surface area contributed by atoms with E-state index in [2.05, 4.69) is 36.3 Å². The van der Waals surface area contributed by atoms with E-state index in [0.717, 1.165) is 69.0 Å².